The summed E-state index contributed by atoms with van der Waals surface area (Å²) in [6, 6.07) is 0.485. The van der Waals surface area contributed by atoms with Crippen molar-refractivity contribution in [2.45, 2.75) is 51.9 Å². The van der Waals surface area contributed by atoms with Crippen molar-refractivity contribution >= 4 is 11.8 Å². The Labute approximate surface area is 104 Å². The lowest BCUT2D eigenvalue weighted by molar-refractivity contribution is -0.0482. The lowest BCUT2D eigenvalue weighted by atomic mass is 10.2. The standard InChI is InChI=1S/C12H27NO2S/c1-6-10(9-16-5)13-7-11(14)8-15-12(2,3)4/h10-11,13-14H,6-9H2,1-5H3. The highest BCUT2D eigenvalue weighted by Gasteiger charge is 2.14. The largest absolute Gasteiger partial charge is 0.389 e. The van der Waals surface area contributed by atoms with Gasteiger partial charge >= 0.3 is 0 Å². The molecule has 0 aromatic rings. The minimum atomic E-state index is -0.421. The van der Waals surface area contributed by atoms with Crippen molar-refractivity contribution in [2.24, 2.45) is 0 Å². The fraction of sp³-hybridized carbons (Fsp3) is 1.00. The Hall–Kier alpha value is 0.230. The first-order valence-electron chi connectivity index (χ1n) is 5.93. The Kier molecular flexibility index (Phi) is 8.46. The molecule has 3 nitrogen and oxygen atoms in total. The van der Waals surface area contributed by atoms with Gasteiger partial charge in [-0.2, -0.15) is 11.8 Å². The second kappa shape index (κ2) is 8.34. The number of rotatable bonds is 8. The number of aliphatic hydroxyl groups is 1. The number of ether oxygens (including phenoxy) is 1. The molecule has 0 spiro atoms. The number of hydrogen-bond acceptors (Lipinski definition) is 4. The summed E-state index contributed by atoms with van der Waals surface area (Å²) < 4.78 is 5.52. The third kappa shape index (κ3) is 9.46. The Morgan fingerprint density at radius 2 is 2.00 bits per heavy atom. The molecule has 0 bridgehead atoms. The van der Waals surface area contributed by atoms with Gasteiger partial charge in [0.05, 0.1) is 18.3 Å². The summed E-state index contributed by atoms with van der Waals surface area (Å²) in [5.74, 6) is 1.09. The van der Waals surface area contributed by atoms with E-state index in [1.54, 1.807) is 0 Å². The molecule has 2 atom stereocenters. The van der Waals surface area contributed by atoms with Gasteiger partial charge in [-0.05, 0) is 33.4 Å². The van der Waals surface area contributed by atoms with Gasteiger partial charge in [0.1, 0.15) is 0 Å². The molecule has 0 aromatic carbocycles. The van der Waals surface area contributed by atoms with Crippen LogP contribution in [0.15, 0.2) is 0 Å². The van der Waals surface area contributed by atoms with E-state index in [-0.39, 0.29) is 5.60 Å². The molecule has 0 aliphatic rings. The molecule has 4 heteroatoms. The summed E-state index contributed by atoms with van der Waals surface area (Å²) in [5, 5.41) is 13.1. The average Bonchev–Trinajstić information content (AvgIpc) is 2.20. The van der Waals surface area contributed by atoms with E-state index in [1.165, 1.54) is 0 Å². The summed E-state index contributed by atoms with van der Waals surface area (Å²) in [5.41, 5.74) is -0.176. The molecule has 16 heavy (non-hydrogen) atoms. The first kappa shape index (κ1) is 16.2. The van der Waals surface area contributed by atoms with Crippen molar-refractivity contribution in [3.8, 4) is 0 Å². The van der Waals surface area contributed by atoms with E-state index in [0.717, 1.165) is 12.2 Å². The van der Waals surface area contributed by atoms with Crippen molar-refractivity contribution in [1.29, 1.82) is 0 Å². The predicted molar refractivity (Wildman–Crippen MR) is 72.2 cm³/mol. The fourth-order valence-electron chi connectivity index (χ4n) is 1.23. The van der Waals surface area contributed by atoms with Crippen LogP contribution in [0.2, 0.25) is 0 Å². The number of aliphatic hydroxyl groups excluding tert-OH is 1. The molecule has 98 valence electrons. The Morgan fingerprint density at radius 3 is 2.44 bits per heavy atom. The summed E-state index contributed by atoms with van der Waals surface area (Å²) in [6.07, 6.45) is 2.77. The Balaban J connectivity index is 3.66. The van der Waals surface area contributed by atoms with Crippen LogP contribution in [-0.2, 0) is 4.74 Å². The molecule has 0 saturated heterocycles. The van der Waals surface area contributed by atoms with Crippen LogP contribution in [0.4, 0.5) is 0 Å². The average molecular weight is 249 g/mol. The van der Waals surface area contributed by atoms with Gasteiger partial charge in [-0.3, -0.25) is 0 Å². The molecule has 0 rings (SSSR count). The van der Waals surface area contributed by atoms with Gasteiger partial charge < -0.3 is 15.2 Å². The summed E-state index contributed by atoms with van der Waals surface area (Å²) in [7, 11) is 0. The van der Waals surface area contributed by atoms with Crippen LogP contribution in [0, 0.1) is 0 Å². The summed E-state index contributed by atoms with van der Waals surface area (Å²) in [4.78, 5) is 0. The van der Waals surface area contributed by atoms with Gasteiger partial charge in [0.2, 0.25) is 0 Å². The van der Waals surface area contributed by atoms with Crippen LogP contribution in [0.1, 0.15) is 34.1 Å². The van der Waals surface area contributed by atoms with Crippen LogP contribution >= 0.6 is 11.8 Å². The van der Waals surface area contributed by atoms with E-state index in [0.29, 0.717) is 19.2 Å². The Morgan fingerprint density at radius 1 is 1.38 bits per heavy atom. The van der Waals surface area contributed by atoms with Crippen molar-refractivity contribution < 1.29 is 9.84 Å². The van der Waals surface area contributed by atoms with Gasteiger partial charge in [-0.1, -0.05) is 6.92 Å². The number of thioether (sulfide) groups is 1. The lowest BCUT2D eigenvalue weighted by Crippen LogP contribution is -2.39. The molecular weight excluding hydrogens is 222 g/mol. The van der Waals surface area contributed by atoms with Gasteiger partial charge in [0, 0.05) is 18.3 Å². The molecular formula is C12H27NO2S. The van der Waals surface area contributed by atoms with E-state index >= 15 is 0 Å². The maximum absolute atomic E-state index is 9.73. The Bertz CT molecular complexity index is 171. The molecule has 0 aliphatic heterocycles. The SMILES string of the molecule is CCC(CSC)NCC(O)COC(C)(C)C. The van der Waals surface area contributed by atoms with Crippen molar-refractivity contribution in [1.82, 2.24) is 5.32 Å². The first-order valence-corrected chi connectivity index (χ1v) is 7.32. The highest BCUT2D eigenvalue weighted by molar-refractivity contribution is 7.98. The molecule has 0 aliphatic carbocycles. The van der Waals surface area contributed by atoms with Gasteiger partial charge in [0.25, 0.3) is 0 Å². The monoisotopic (exact) mass is 249 g/mol. The molecule has 0 amide bonds. The molecule has 0 saturated carbocycles. The number of nitrogens with one attached hydrogen (secondary N) is 1. The maximum atomic E-state index is 9.73. The lowest BCUT2D eigenvalue weighted by Gasteiger charge is -2.23. The predicted octanol–water partition coefficient (Wildman–Crippen LogP) is 1.89. The highest BCUT2D eigenvalue weighted by Crippen LogP contribution is 2.07. The second-order valence-corrected chi connectivity index (χ2v) is 5.96. The van der Waals surface area contributed by atoms with E-state index in [4.69, 9.17) is 4.74 Å². The molecule has 2 unspecified atom stereocenters. The fourth-order valence-corrected chi connectivity index (χ4v) is 1.99. The van der Waals surface area contributed by atoms with E-state index in [1.807, 2.05) is 32.5 Å². The quantitative estimate of drug-likeness (QED) is 0.689. The minimum Gasteiger partial charge on any atom is -0.389 e. The number of hydrogen-bond donors (Lipinski definition) is 2. The van der Waals surface area contributed by atoms with E-state index in [9.17, 15) is 5.11 Å². The van der Waals surface area contributed by atoms with Gasteiger partial charge in [0.15, 0.2) is 0 Å². The van der Waals surface area contributed by atoms with Crippen molar-refractivity contribution in [3.63, 3.8) is 0 Å². The van der Waals surface area contributed by atoms with Crippen molar-refractivity contribution in [2.75, 3.05) is 25.2 Å². The van der Waals surface area contributed by atoms with Crippen LogP contribution in [0.25, 0.3) is 0 Å². The van der Waals surface area contributed by atoms with Crippen LogP contribution < -0.4 is 5.32 Å². The minimum absolute atomic E-state index is 0.176. The molecule has 0 heterocycles. The molecule has 0 fully saturated rings. The zero-order valence-corrected chi connectivity index (χ0v) is 12.1. The van der Waals surface area contributed by atoms with Gasteiger partial charge in [-0.25, -0.2) is 0 Å². The van der Waals surface area contributed by atoms with Crippen LogP contribution in [-0.4, -0.2) is 48.0 Å². The normalized spacial score (nSPS) is 16.1. The molecule has 2 N–H and O–H groups in total. The van der Waals surface area contributed by atoms with E-state index < -0.39 is 6.10 Å². The highest BCUT2D eigenvalue weighted by atomic mass is 32.2. The van der Waals surface area contributed by atoms with Crippen LogP contribution in [0.3, 0.4) is 0 Å². The maximum Gasteiger partial charge on any atom is 0.0898 e. The second-order valence-electron chi connectivity index (χ2n) is 5.05. The first-order chi connectivity index (χ1) is 7.39. The summed E-state index contributed by atoms with van der Waals surface area (Å²) in [6.45, 7) is 9.15. The summed E-state index contributed by atoms with van der Waals surface area (Å²) >= 11 is 1.83. The van der Waals surface area contributed by atoms with Crippen LogP contribution in [0.5, 0.6) is 0 Å². The smallest absolute Gasteiger partial charge is 0.0898 e. The molecule has 0 radical (unpaired) electrons. The van der Waals surface area contributed by atoms with Crippen molar-refractivity contribution in [3.05, 3.63) is 0 Å². The van der Waals surface area contributed by atoms with E-state index in [2.05, 4.69) is 18.5 Å². The zero-order valence-electron chi connectivity index (χ0n) is 11.2. The topological polar surface area (TPSA) is 41.5 Å². The zero-order chi connectivity index (χ0) is 12.6. The third-order valence-electron chi connectivity index (χ3n) is 2.21. The third-order valence-corrected chi connectivity index (χ3v) is 2.95. The molecule has 0 aromatic heterocycles. The van der Waals surface area contributed by atoms with Gasteiger partial charge in [-0.15, -0.1) is 0 Å².